The third-order valence-electron chi connectivity index (χ3n) is 4.39. The fraction of sp³-hybridized carbons (Fsp3) is 0.250. The van der Waals surface area contributed by atoms with Crippen LogP contribution in [0.5, 0.6) is 11.5 Å². The van der Waals surface area contributed by atoms with Gasteiger partial charge in [-0.1, -0.05) is 53.5 Å². The van der Waals surface area contributed by atoms with E-state index in [0.717, 1.165) is 24.3 Å². The molecule has 0 amide bonds. The van der Waals surface area contributed by atoms with Crippen molar-refractivity contribution in [1.82, 2.24) is 0 Å². The predicted octanol–water partition coefficient (Wildman–Crippen LogP) is 6.88. The van der Waals surface area contributed by atoms with Crippen LogP contribution in [0.25, 0.3) is 0 Å². The maximum Gasteiger partial charge on any atom is 0.138 e. The van der Waals surface area contributed by atoms with Crippen molar-refractivity contribution in [3.05, 3.63) is 88.4 Å². The Bertz CT molecular complexity index is 885. The van der Waals surface area contributed by atoms with Gasteiger partial charge in [0.1, 0.15) is 17.6 Å². The van der Waals surface area contributed by atoms with E-state index in [2.05, 4.69) is 29.6 Å². The number of nitrogens with one attached hydrogen (secondary N) is 1. The van der Waals surface area contributed by atoms with Crippen LogP contribution in [0.2, 0.25) is 10.0 Å². The minimum Gasteiger partial charge on any atom is -0.494 e. The van der Waals surface area contributed by atoms with Crippen LogP contribution in [0, 0.1) is 0 Å². The van der Waals surface area contributed by atoms with Gasteiger partial charge in [0.15, 0.2) is 0 Å². The SMILES string of the molecule is CC(CNc1ccc(OCCCc2ccccc2)cc1)Oc1ccc(Cl)cc1Cl. The Hall–Kier alpha value is -2.36. The molecule has 0 fully saturated rings. The number of hydrogen-bond donors (Lipinski definition) is 1. The first kappa shape index (κ1) is 21.4. The molecule has 0 saturated heterocycles. The highest BCUT2D eigenvalue weighted by molar-refractivity contribution is 6.35. The Labute approximate surface area is 182 Å². The molecule has 5 heteroatoms. The lowest BCUT2D eigenvalue weighted by atomic mass is 10.1. The molecule has 0 bridgehead atoms. The molecule has 3 aromatic carbocycles. The van der Waals surface area contributed by atoms with Gasteiger partial charge in [0, 0.05) is 10.7 Å². The van der Waals surface area contributed by atoms with Gasteiger partial charge in [-0.25, -0.2) is 0 Å². The predicted molar refractivity (Wildman–Crippen MR) is 122 cm³/mol. The number of anilines is 1. The van der Waals surface area contributed by atoms with Gasteiger partial charge in [-0.2, -0.15) is 0 Å². The van der Waals surface area contributed by atoms with E-state index in [0.29, 0.717) is 28.9 Å². The summed E-state index contributed by atoms with van der Waals surface area (Å²) in [4.78, 5) is 0. The van der Waals surface area contributed by atoms with Crippen molar-refractivity contribution in [1.29, 1.82) is 0 Å². The number of ether oxygens (including phenoxy) is 2. The average molecular weight is 430 g/mol. The van der Waals surface area contributed by atoms with Gasteiger partial charge >= 0.3 is 0 Å². The Morgan fingerprint density at radius 2 is 1.69 bits per heavy atom. The molecular formula is C24H25Cl2NO2. The van der Waals surface area contributed by atoms with E-state index >= 15 is 0 Å². The number of rotatable bonds is 10. The van der Waals surface area contributed by atoms with E-state index in [-0.39, 0.29) is 6.10 Å². The third-order valence-corrected chi connectivity index (χ3v) is 4.92. The zero-order valence-corrected chi connectivity index (χ0v) is 17.9. The number of hydrogen-bond acceptors (Lipinski definition) is 3. The molecule has 0 aliphatic carbocycles. The Kier molecular flexibility index (Phi) is 8.09. The van der Waals surface area contributed by atoms with Gasteiger partial charge in [-0.15, -0.1) is 0 Å². The molecule has 3 rings (SSSR count). The van der Waals surface area contributed by atoms with E-state index in [4.69, 9.17) is 32.7 Å². The summed E-state index contributed by atoms with van der Waals surface area (Å²) in [6.45, 7) is 3.34. The van der Waals surface area contributed by atoms with Crippen LogP contribution in [0.4, 0.5) is 5.69 Å². The van der Waals surface area contributed by atoms with Crippen molar-refractivity contribution >= 4 is 28.9 Å². The summed E-state index contributed by atoms with van der Waals surface area (Å²) < 4.78 is 11.7. The number of benzene rings is 3. The van der Waals surface area contributed by atoms with Crippen molar-refractivity contribution in [2.75, 3.05) is 18.5 Å². The molecular weight excluding hydrogens is 405 g/mol. The first-order valence-electron chi connectivity index (χ1n) is 9.72. The summed E-state index contributed by atoms with van der Waals surface area (Å²) >= 11 is 12.1. The lowest BCUT2D eigenvalue weighted by molar-refractivity contribution is 0.235. The van der Waals surface area contributed by atoms with Crippen molar-refractivity contribution in [2.45, 2.75) is 25.9 Å². The van der Waals surface area contributed by atoms with Crippen molar-refractivity contribution < 1.29 is 9.47 Å². The molecule has 0 aliphatic rings. The topological polar surface area (TPSA) is 30.5 Å². The molecule has 0 aliphatic heterocycles. The van der Waals surface area contributed by atoms with Crippen LogP contribution >= 0.6 is 23.2 Å². The fourth-order valence-electron chi connectivity index (χ4n) is 2.87. The van der Waals surface area contributed by atoms with Crippen molar-refractivity contribution in [3.8, 4) is 11.5 Å². The van der Waals surface area contributed by atoms with E-state index in [9.17, 15) is 0 Å². The molecule has 3 nitrogen and oxygen atoms in total. The molecule has 0 saturated carbocycles. The van der Waals surface area contributed by atoms with Gasteiger partial charge in [-0.3, -0.25) is 0 Å². The first-order chi connectivity index (χ1) is 14.1. The lowest BCUT2D eigenvalue weighted by Gasteiger charge is -2.17. The van der Waals surface area contributed by atoms with Gasteiger partial charge in [-0.05, 0) is 67.8 Å². The van der Waals surface area contributed by atoms with E-state index in [1.54, 1.807) is 18.2 Å². The number of aryl methyl sites for hydroxylation is 1. The van der Waals surface area contributed by atoms with Crippen LogP contribution in [-0.2, 0) is 6.42 Å². The van der Waals surface area contributed by atoms with E-state index in [1.165, 1.54) is 5.56 Å². The Morgan fingerprint density at radius 1 is 0.931 bits per heavy atom. The summed E-state index contributed by atoms with van der Waals surface area (Å²) in [5.74, 6) is 1.51. The smallest absolute Gasteiger partial charge is 0.138 e. The second-order valence-corrected chi connectivity index (χ2v) is 7.69. The molecule has 0 radical (unpaired) electrons. The van der Waals surface area contributed by atoms with Crippen molar-refractivity contribution in [2.24, 2.45) is 0 Å². The standard InChI is InChI=1S/C24H25Cl2NO2/c1-18(29-24-14-9-20(25)16-23(24)26)17-27-21-10-12-22(13-11-21)28-15-5-8-19-6-3-2-4-7-19/h2-4,6-7,9-14,16,18,27H,5,8,15,17H2,1H3. The fourth-order valence-corrected chi connectivity index (χ4v) is 3.32. The quantitative estimate of drug-likeness (QED) is 0.356. The van der Waals surface area contributed by atoms with Gasteiger partial charge in [0.2, 0.25) is 0 Å². The van der Waals surface area contributed by atoms with Gasteiger partial charge < -0.3 is 14.8 Å². The molecule has 0 aromatic heterocycles. The van der Waals surface area contributed by atoms with Gasteiger partial charge in [0.05, 0.1) is 18.2 Å². The van der Waals surface area contributed by atoms with E-state index < -0.39 is 0 Å². The minimum atomic E-state index is -0.0532. The Morgan fingerprint density at radius 3 is 2.41 bits per heavy atom. The summed E-state index contributed by atoms with van der Waals surface area (Å²) in [6, 6.07) is 23.7. The maximum atomic E-state index is 6.15. The molecule has 1 N–H and O–H groups in total. The van der Waals surface area contributed by atoms with Crippen LogP contribution < -0.4 is 14.8 Å². The second kappa shape index (κ2) is 11.0. The molecule has 1 atom stereocenters. The summed E-state index contributed by atoms with van der Waals surface area (Å²) in [5.41, 5.74) is 2.35. The van der Waals surface area contributed by atoms with Crippen LogP contribution in [0.3, 0.4) is 0 Å². The van der Waals surface area contributed by atoms with Crippen molar-refractivity contribution in [3.63, 3.8) is 0 Å². The molecule has 29 heavy (non-hydrogen) atoms. The number of halogens is 2. The van der Waals surface area contributed by atoms with Crippen LogP contribution in [-0.4, -0.2) is 19.3 Å². The Balaban J connectivity index is 1.38. The van der Waals surface area contributed by atoms with Gasteiger partial charge in [0.25, 0.3) is 0 Å². The monoisotopic (exact) mass is 429 g/mol. The highest BCUT2D eigenvalue weighted by Gasteiger charge is 2.08. The highest BCUT2D eigenvalue weighted by Crippen LogP contribution is 2.28. The molecule has 1 unspecified atom stereocenters. The summed E-state index contributed by atoms with van der Waals surface area (Å²) in [6.07, 6.45) is 1.96. The zero-order valence-electron chi connectivity index (χ0n) is 16.4. The van der Waals surface area contributed by atoms with E-state index in [1.807, 2.05) is 37.3 Å². The summed E-state index contributed by atoms with van der Waals surface area (Å²) in [7, 11) is 0. The lowest BCUT2D eigenvalue weighted by Crippen LogP contribution is -2.22. The molecule has 3 aromatic rings. The third kappa shape index (κ3) is 7.19. The molecule has 0 heterocycles. The average Bonchev–Trinajstić information content (AvgIpc) is 2.73. The molecule has 152 valence electrons. The first-order valence-corrected chi connectivity index (χ1v) is 10.5. The minimum absolute atomic E-state index is 0.0532. The van der Waals surface area contributed by atoms with Crippen LogP contribution in [0.15, 0.2) is 72.8 Å². The van der Waals surface area contributed by atoms with Crippen LogP contribution in [0.1, 0.15) is 18.9 Å². The molecule has 0 spiro atoms. The highest BCUT2D eigenvalue weighted by atomic mass is 35.5. The normalized spacial score (nSPS) is 11.7. The maximum absolute atomic E-state index is 6.15. The summed E-state index contributed by atoms with van der Waals surface area (Å²) in [5, 5.41) is 4.47. The second-order valence-electron chi connectivity index (χ2n) is 6.85. The zero-order chi connectivity index (χ0) is 20.5. The largest absolute Gasteiger partial charge is 0.494 e.